The van der Waals surface area contributed by atoms with Gasteiger partial charge in [0.15, 0.2) is 0 Å². The zero-order valence-electron chi connectivity index (χ0n) is 20.6. The van der Waals surface area contributed by atoms with Gasteiger partial charge in [-0.3, -0.25) is 0 Å². The van der Waals surface area contributed by atoms with Crippen LogP contribution in [0.1, 0.15) is 118 Å². The summed E-state index contributed by atoms with van der Waals surface area (Å²) in [5.41, 5.74) is 0.734. The molecule has 0 amide bonds. The van der Waals surface area contributed by atoms with E-state index in [9.17, 15) is 0 Å². The van der Waals surface area contributed by atoms with E-state index in [1.807, 2.05) is 0 Å². The molecule has 1 aliphatic heterocycles. The second kappa shape index (κ2) is 14.1. The van der Waals surface area contributed by atoms with Crippen molar-refractivity contribution in [2.75, 3.05) is 32.7 Å². The van der Waals surface area contributed by atoms with Gasteiger partial charge in [0, 0.05) is 19.6 Å². The van der Waals surface area contributed by atoms with E-state index in [4.69, 9.17) is 0 Å². The van der Waals surface area contributed by atoms with Gasteiger partial charge in [0.2, 0.25) is 0 Å². The van der Waals surface area contributed by atoms with Crippen LogP contribution in [0, 0.1) is 23.2 Å². The summed E-state index contributed by atoms with van der Waals surface area (Å²) in [4.78, 5) is 2.81. The van der Waals surface area contributed by atoms with Crippen LogP contribution in [-0.2, 0) is 0 Å². The van der Waals surface area contributed by atoms with E-state index >= 15 is 0 Å². The molecule has 0 unspecified atom stereocenters. The summed E-state index contributed by atoms with van der Waals surface area (Å²) >= 11 is 0. The summed E-state index contributed by atoms with van der Waals surface area (Å²) in [6.45, 7) is 16.2. The fourth-order valence-electron chi connectivity index (χ4n) is 5.98. The van der Waals surface area contributed by atoms with E-state index in [0.29, 0.717) is 0 Å². The third kappa shape index (κ3) is 8.90. The molecule has 2 rings (SSSR count). The number of hydrogen-bond donors (Lipinski definition) is 1. The van der Waals surface area contributed by atoms with Crippen LogP contribution in [0.4, 0.5) is 0 Å². The largest absolute Gasteiger partial charge is 0.316 e. The van der Waals surface area contributed by atoms with E-state index in [-0.39, 0.29) is 0 Å². The van der Waals surface area contributed by atoms with Gasteiger partial charge in [0.1, 0.15) is 0 Å². The Bertz CT molecular complexity index is 383. The summed E-state index contributed by atoms with van der Waals surface area (Å²) in [6.07, 6.45) is 20.0. The van der Waals surface area contributed by atoms with Gasteiger partial charge < -0.3 is 10.2 Å². The summed E-state index contributed by atoms with van der Waals surface area (Å²) in [5.74, 6) is 2.83. The first-order chi connectivity index (χ1) is 14.1. The first-order valence-electron chi connectivity index (χ1n) is 13.6. The molecule has 1 aliphatic carbocycles. The maximum atomic E-state index is 3.73. The summed E-state index contributed by atoms with van der Waals surface area (Å²) in [5, 5.41) is 3.73. The van der Waals surface area contributed by atoms with Crippen LogP contribution in [0.25, 0.3) is 0 Å². The number of hydrogen-bond acceptors (Lipinski definition) is 2. The Hall–Kier alpha value is -0.0800. The lowest BCUT2D eigenvalue weighted by Crippen LogP contribution is -2.63. The van der Waals surface area contributed by atoms with Crippen LogP contribution >= 0.6 is 0 Å². The van der Waals surface area contributed by atoms with Gasteiger partial charge in [0.05, 0.1) is 0 Å². The fraction of sp³-hybridized carbons (Fsp3) is 1.00. The zero-order chi connectivity index (χ0) is 21.0. The van der Waals surface area contributed by atoms with Crippen LogP contribution in [0.15, 0.2) is 0 Å². The second-order valence-electron chi connectivity index (χ2n) is 10.9. The lowest BCUT2D eigenvalue weighted by molar-refractivity contribution is -0.112. The van der Waals surface area contributed by atoms with Crippen molar-refractivity contribution in [3.8, 4) is 0 Å². The SMILES string of the molecule is CCCCCCNC[C@@H](C)C1CC2(C1)CN(CC(CCCCC)CCCCC)C2. The number of likely N-dealkylation sites (tertiary alicyclic amines) is 1. The monoisotopic (exact) mass is 406 g/mol. The van der Waals surface area contributed by atoms with Crippen LogP contribution in [0.2, 0.25) is 0 Å². The smallest absolute Gasteiger partial charge is 0.00508 e. The Balaban J connectivity index is 1.57. The summed E-state index contributed by atoms with van der Waals surface area (Å²) < 4.78 is 0. The van der Waals surface area contributed by atoms with E-state index in [1.165, 1.54) is 123 Å². The molecule has 29 heavy (non-hydrogen) atoms. The van der Waals surface area contributed by atoms with Crippen molar-refractivity contribution in [1.29, 1.82) is 0 Å². The average Bonchev–Trinajstić information content (AvgIpc) is 2.65. The van der Waals surface area contributed by atoms with E-state index in [0.717, 1.165) is 23.2 Å². The van der Waals surface area contributed by atoms with Crippen molar-refractivity contribution in [3.63, 3.8) is 0 Å². The molecular weight excluding hydrogens is 352 g/mol. The van der Waals surface area contributed by atoms with Gasteiger partial charge in [-0.15, -0.1) is 0 Å². The molecule has 1 saturated carbocycles. The van der Waals surface area contributed by atoms with Gasteiger partial charge in [-0.25, -0.2) is 0 Å². The van der Waals surface area contributed by atoms with Crippen molar-refractivity contribution in [1.82, 2.24) is 10.2 Å². The molecule has 2 heteroatoms. The molecule has 1 N–H and O–H groups in total. The van der Waals surface area contributed by atoms with Crippen LogP contribution < -0.4 is 5.32 Å². The second-order valence-corrected chi connectivity index (χ2v) is 10.9. The fourth-order valence-corrected chi connectivity index (χ4v) is 5.98. The summed E-state index contributed by atoms with van der Waals surface area (Å²) in [6, 6.07) is 0. The molecule has 0 aromatic carbocycles. The highest BCUT2D eigenvalue weighted by Gasteiger charge is 2.53. The topological polar surface area (TPSA) is 15.3 Å². The molecule has 2 fully saturated rings. The Labute approximate surface area is 184 Å². The lowest BCUT2D eigenvalue weighted by atomic mass is 9.55. The van der Waals surface area contributed by atoms with E-state index in [1.54, 1.807) is 0 Å². The quantitative estimate of drug-likeness (QED) is 0.241. The third-order valence-corrected chi connectivity index (χ3v) is 7.93. The third-order valence-electron chi connectivity index (χ3n) is 7.93. The highest BCUT2D eigenvalue weighted by Crippen LogP contribution is 2.54. The number of nitrogens with zero attached hydrogens (tertiary/aromatic N) is 1. The normalized spacial score (nSPS) is 20.2. The molecule has 0 aromatic heterocycles. The number of nitrogens with one attached hydrogen (secondary N) is 1. The van der Waals surface area contributed by atoms with Gasteiger partial charge in [0.25, 0.3) is 0 Å². The molecule has 1 atom stereocenters. The lowest BCUT2D eigenvalue weighted by Gasteiger charge is -2.61. The zero-order valence-corrected chi connectivity index (χ0v) is 20.6. The minimum atomic E-state index is 0.734. The predicted octanol–water partition coefficient (Wildman–Crippen LogP) is 7.28. The molecule has 172 valence electrons. The standard InChI is InChI=1S/C27H54N2/c1-5-8-11-14-17-28-20-24(4)26-18-27(19-26)22-29(23-27)21-25(15-12-9-6-2)16-13-10-7-3/h24-26,28H,5-23H2,1-4H3/t24-/m1/s1. The number of unbranched alkanes of at least 4 members (excludes halogenated alkanes) is 7. The molecule has 2 nitrogen and oxygen atoms in total. The Morgan fingerprint density at radius 2 is 1.41 bits per heavy atom. The maximum Gasteiger partial charge on any atom is 0.00508 e. The molecule has 0 aromatic rings. The van der Waals surface area contributed by atoms with Crippen molar-refractivity contribution < 1.29 is 0 Å². The Morgan fingerprint density at radius 1 is 0.828 bits per heavy atom. The van der Waals surface area contributed by atoms with Gasteiger partial charge in [-0.1, -0.05) is 85.5 Å². The van der Waals surface area contributed by atoms with Crippen molar-refractivity contribution >= 4 is 0 Å². The highest BCUT2D eigenvalue weighted by atomic mass is 15.2. The highest BCUT2D eigenvalue weighted by molar-refractivity contribution is 5.05. The van der Waals surface area contributed by atoms with E-state index < -0.39 is 0 Å². The Kier molecular flexibility index (Phi) is 12.2. The molecule has 0 radical (unpaired) electrons. The van der Waals surface area contributed by atoms with Crippen LogP contribution in [0.5, 0.6) is 0 Å². The predicted molar refractivity (Wildman–Crippen MR) is 130 cm³/mol. The minimum absolute atomic E-state index is 0.734. The average molecular weight is 407 g/mol. The molecule has 2 aliphatic rings. The first-order valence-corrected chi connectivity index (χ1v) is 13.6. The van der Waals surface area contributed by atoms with E-state index in [2.05, 4.69) is 37.9 Å². The van der Waals surface area contributed by atoms with Crippen molar-refractivity contribution in [3.05, 3.63) is 0 Å². The molecule has 0 bridgehead atoms. The number of rotatable bonds is 18. The van der Waals surface area contributed by atoms with Gasteiger partial charge >= 0.3 is 0 Å². The summed E-state index contributed by atoms with van der Waals surface area (Å²) in [7, 11) is 0. The molecular formula is C27H54N2. The minimum Gasteiger partial charge on any atom is -0.316 e. The first kappa shape index (κ1) is 25.2. The Morgan fingerprint density at radius 3 is 2.00 bits per heavy atom. The van der Waals surface area contributed by atoms with Crippen molar-refractivity contribution in [2.24, 2.45) is 23.2 Å². The maximum absolute atomic E-state index is 3.73. The molecule has 1 spiro atoms. The molecule has 1 saturated heterocycles. The van der Waals surface area contributed by atoms with Gasteiger partial charge in [-0.2, -0.15) is 0 Å². The molecule has 1 heterocycles. The van der Waals surface area contributed by atoms with Crippen LogP contribution in [-0.4, -0.2) is 37.6 Å². The van der Waals surface area contributed by atoms with Crippen molar-refractivity contribution in [2.45, 2.75) is 118 Å². The van der Waals surface area contributed by atoms with Crippen LogP contribution in [0.3, 0.4) is 0 Å². The van der Waals surface area contributed by atoms with Gasteiger partial charge in [-0.05, 0) is 68.4 Å².